The van der Waals surface area contributed by atoms with Gasteiger partial charge in [-0.15, -0.1) is 0 Å². The first-order valence-corrected chi connectivity index (χ1v) is 5.30. The number of amides is 2. The van der Waals surface area contributed by atoms with Gasteiger partial charge in [-0.05, 0) is 25.5 Å². The van der Waals surface area contributed by atoms with Crippen LogP contribution in [0, 0.1) is 0 Å². The third-order valence-electron chi connectivity index (χ3n) is 3.02. The second kappa shape index (κ2) is 3.63. The lowest BCUT2D eigenvalue weighted by Gasteiger charge is -2.25. The average Bonchev–Trinajstić information content (AvgIpc) is 2.37. The summed E-state index contributed by atoms with van der Waals surface area (Å²) in [5.74, 6) is -0.383. The second-order valence-corrected chi connectivity index (χ2v) is 4.14. The first-order valence-electron chi connectivity index (χ1n) is 5.30. The van der Waals surface area contributed by atoms with Gasteiger partial charge in [-0.1, -0.05) is 19.1 Å². The van der Waals surface area contributed by atoms with Crippen LogP contribution < -0.4 is 10.6 Å². The molecule has 1 aliphatic heterocycles. The number of benzene rings is 1. The minimum absolute atomic E-state index is 0.173. The van der Waals surface area contributed by atoms with Gasteiger partial charge in [-0.3, -0.25) is 9.59 Å². The summed E-state index contributed by atoms with van der Waals surface area (Å²) in [4.78, 5) is 23.9. The van der Waals surface area contributed by atoms with E-state index in [1.165, 1.54) is 0 Å². The Bertz CT molecular complexity index is 456. The number of anilines is 1. The van der Waals surface area contributed by atoms with Gasteiger partial charge in [0.15, 0.2) is 0 Å². The Kier molecular flexibility index (Phi) is 2.42. The molecule has 16 heavy (non-hydrogen) atoms. The summed E-state index contributed by atoms with van der Waals surface area (Å²) in [6, 6.07) is 7.00. The van der Waals surface area contributed by atoms with Gasteiger partial charge in [0.05, 0.1) is 11.3 Å². The lowest BCUT2D eigenvalue weighted by atomic mass is 9.98. The summed E-state index contributed by atoms with van der Waals surface area (Å²) in [5, 5.41) is 5.53. The fourth-order valence-corrected chi connectivity index (χ4v) is 1.67. The highest BCUT2D eigenvalue weighted by atomic mass is 16.2. The van der Waals surface area contributed by atoms with E-state index in [9.17, 15) is 9.59 Å². The van der Waals surface area contributed by atoms with Crippen molar-refractivity contribution in [2.45, 2.75) is 25.8 Å². The summed E-state index contributed by atoms with van der Waals surface area (Å²) >= 11 is 0. The van der Waals surface area contributed by atoms with E-state index in [0.29, 0.717) is 17.7 Å². The molecule has 0 fully saturated rings. The molecule has 0 unspecified atom stereocenters. The first kappa shape index (κ1) is 10.7. The number of carbonyl (C=O) groups excluding carboxylic acids is 2. The van der Waals surface area contributed by atoms with Crippen molar-refractivity contribution in [1.29, 1.82) is 0 Å². The average molecular weight is 218 g/mol. The fourth-order valence-electron chi connectivity index (χ4n) is 1.67. The predicted octanol–water partition coefficient (Wildman–Crippen LogP) is 1.54. The molecular weight excluding hydrogens is 204 g/mol. The quantitative estimate of drug-likeness (QED) is 0.751. The topological polar surface area (TPSA) is 58.2 Å². The normalized spacial score (nSPS) is 24.1. The molecule has 0 saturated carbocycles. The van der Waals surface area contributed by atoms with Crippen LogP contribution in [0.1, 0.15) is 30.6 Å². The van der Waals surface area contributed by atoms with Crippen molar-refractivity contribution in [2.75, 3.05) is 5.32 Å². The van der Waals surface area contributed by atoms with Crippen molar-refractivity contribution < 1.29 is 9.59 Å². The number of hydrogen-bond acceptors (Lipinski definition) is 2. The van der Waals surface area contributed by atoms with Crippen LogP contribution in [0.25, 0.3) is 0 Å². The maximum Gasteiger partial charge on any atom is 0.254 e. The number of carbonyl (C=O) groups is 2. The maximum absolute atomic E-state index is 11.9. The van der Waals surface area contributed by atoms with Gasteiger partial charge in [0, 0.05) is 0 Å². The highest BCUT2D eigenvalue weighted by Gasteiger charge is 2.36. The van der Waals surface area contributed by atoms with E-state index in [1.54, 1.807) is 31.2 Å². The van der Waals surface area contributed by atoms with Crippen LogP contribution in [0.5, 0.6) is 0 Å². The van der Waals surface area contributed by atoms with Crippen LogP contribution >= 0.6 is 0 Å². The van der Waals surface area contributed by atoms with Crippen LogP contribution in [0.2, 0.25) is 0 Å². The lowest BCUT2D eigenvalue weighted by molar-refractivity contribution is -0.121. The standard InChI is InChI=1S/C12H14N2O2/c1-3-12(2)11(16)13-9-7-5-4-6-8(9)10(15)14-12/h4-7H,3H2,1-2H3,(H,13,16)(H,14,15)/t12-/m0/s1. The fraction of sp³-hybridized carbons (Fsp3) is 0.333. The number of para-hydroxylation sites is 1. The number of hydrogen-bond donors (Lipinski definition) is 2. The van der Waals surface area contributed by atoms with Crippen LogP contribution in [0.3, 0.4) is 0 Å². The molecule has 0 radical (unpaired) electrons. The van der Waals surface area contributed by atoms with Crippen molar-refractivity contribution in [3.05, 3.63) is 29.8 Å². The van der Waals surface area contributed by atoms with Crippen molar-refractivity contribution in [1.82, 2.24) is 5.32 Å². The Morgan fingerprint density at radius 3 is 2.62 bits per heavy atom. The molecule has 4 heteroatoms. The van der Waals surface area contributed by atoms with Gasteiger partial charge in [-0.2, -0.15) is 0 Å². The van der Waals surface area contributed by atoms with E-state index in [2.05, 4.69) is 10.6 Å². The summed E-state index contributed by atoms with van der Waals surface area (Å²) in [6.45, 7) is 3.60. The van der Waals surface area contributed by atoms with E-state index in [4.69, 9.17) is 0 Å². The highest BCUT2D eigenvalue weighted by molar-refractivity contribution is 6.11. The van der Waals surface area contributed by atoms with E-state index in [1.807, 2.05) is 6.92 Å². The van der Waals surface area contributed by atoms with Crippen LogP contribution in [0.15, 0.2) is 24.3 Å². The third-order valence-corrected chi connectivity index (χ3v) is 3.02. The highest BCUT2D eigenvalue weighted by Crippen LogP contribution is 2.23. The molecule has 0 spiro atoms. The minimum atomic E-state index is -0.837. The molecule has 1 aromatic rings. The predicted molar refractivity (Wildman–Crippen MR) is 61.2 cm³/mol. The van der Waals surface area contributed by atoms with Crippen molar-refractivity contribution in [3.8, 4) is 0 Å². The summed E-state index contributed by atoms with van der Waals surface area (Å²) in [5.41, 5.74) is 0.242. The third kappa shape index (κ3) is 1.56. The van der Waals surface area contributed by atoms with Gasteiger partial charge >= 0.3 is 0 Å². The van der Waals surface area contributed by atoms with E-state index in [0.717, 1.165) is 0 Å². The van der Waals surface area contributed by atoms with Crippen LogP contribution in [-0.2, 0) is 4.79 Å². The number of rotatable bonds is 1. The summed E-state index contributed by atoms with van der Waals surface area (Å²) < 4.78 is 0. The molecule has 4 nitrogen and oxygen atoms in total. The van der Waals surface area contributed by atoms with Crippen molar-refractivity contribution in [2.24, 2.45) is 0 Å². The van der Waals surface area contributed by atoms with E-state index >= 15 is 0 Å². The summed E-state index contributed by atoms with van der Waals surface area (Å²) in [7, 11) is 0. The van der Waals surface area contributed by atoms with E-state index < -0.39 is 5.54 Å². The molecule has 2 amide bonds. The SMILES string of the molecule is CC[C@]1(C)NC(=O)c2ccccc2NC1=O. The molecule has 0 aromatic heterocycles. The van der Waals surface area contributed by atoms with Crippen LogP contribution in [0.4, 0.5) is 5.69 Å². The Hall–Kier alpha value is -1.84. The molecule has 0 bridgehead atoms. The Morgan fingerprint density at radius 2 is 1.94 bits per heavy atom. The zero-order valence-electron chi connectivity index (χ0n) is 9.33. The Morgan fingerprint density at radius 1 is 1.25 bits per heavy atom. The zero-order valence-corrected chi connectivity index (χ0v) is 9.33. The van der Waals surface area contributed by atoms with Gasteiger partial charge in [0.1, 0.15) is 5.54 Å². The van der Waals surface area contributed by atoms with Gasteiger partial charge < -0.3 is 10.6 Å². The smallest absolute Gasteiger partial charge is 0.254 e. The van der Waals surface area contributed by atoms with E-state index in [-0.39, 0.29) is 11.8 Å². The number of fused-ring (bicyclic) bond motifs is 1. The van der Waals surface area contributed by atoms with Crippen LogP contribution in [-0.4, -0.2) is 17.4 Å². The van der Waals surface area contributed by atoms with Gasteiger partial charge in [0.25, 0.3) is 5.91 Å². The van der Waals surface area contributed by atoms with Crippen molar-refractivity contribution in [3.63, 3.8) is 0 Å². The first-order chi connectivity index (χ1) is 7.57. The molecular formula is C12H14N2O2. The molecule has 1 aliphatic rings. The molecule has 2 N–H and O–H groups in total. The van der Waals surface area contributed by atoms with Crippen molar-refractivity contribution >= 4 is 17.5 Å². The maximum atomic E-state index is 11.9. The second-order valence-electron chi connectivity index (χ2n) is 4.14. The molecule has 1 heterocycles. The monoisotopic (exact) mass is 218 g/mol. The molecule has 1 atom stereocenters. The van der Waals surface area contributed by atoms with Gasteiger partial charge in [0.2, 0.25) is 5.91 Å². The molecule has 0 saturated heterocycles. The lowest BCUT2D eigenvalue weighted by Crippen LogP contribution is -2.52. The molecule has 2 rings (SSSR count). The molecule has 84 valence electrons. The Labute approximate surface area is 94.0 Å². The number of nitrogens with one attached hydrogen (secondary N) is 2. The molecule has 0 aliphatic carbocycles. The Balaban J connectivity index is 2.48. The summed E-state index contributed by atoms with van der Waals surface area (Å²) in [6.07, 6.45) is 0.554. The van der Waals surface area contributed by atoms with Gasteiger partial charge in [-0.25, -0.2) is 0 Å². The molecule has 1 aromatic carbocycles. The zero-order chi connectivity index (χ0) is 11.8. The minimum Gasteiger partial charge on any atom is -0.338 e. The largest absolute Gasteiger partial charge is 0.338 e.